The van der Waals surface area contributed by atoms with Crippen molar-refractivity contribution in [3.8, 4) is 17.2 Å². The molecule has 2 amide bonds. The lowest BCUT2D eigenvalue weighted by molar-refractivity contribution is 0.0935. The Morgan fingerprint density at radius 3 is 2.44 bits per heavy atom. The topological polar surface area (TPSA) is 114 Å². The van der Waals surface area contributed by atoms with Crippen molar-refractivity contribution in [2.24, 2.45) is 11.7 Å². The van der Waals surface area contributed by atoms with E-state index in [-0.39, 0.29) is 28.8 Å². The van der Waals surface area contributed by atoms with Crippen LogP contribution >= 0.6 is 0 Å². The fourth-order valence-electron chi connectivity index (χ4n) is 6.29. The minimum Gasteiger partial charge on any atom is -0.366 e. The molecular formula is C36H31F2N5O2. The fourth-order valence-corrected chi connectivity index (χ4v) is 6.29. The summed E-state index contributed by atoms with van der Waals surface area (Å²) in [5.41, 5.74) is 10.1. The van der Waals surface area contributed by atoms with Gasteiger partial charge in [-0.25, -0.2) is 8.78 Å². The van der Waals surface area contributed by atoms with Crippen LogP contribution in [0, 0.1) is 28.9 Å². The number of aromatic nitrogens is 2. The van der Waals surface area contributed by atoms with Gasteiger partial charge in [-0.1, -0.05) is 38.1 Å². The zero-order valence-corrected chi connectivity index (χ0v) is 25.1. The first-order valence-electron chi connectivity index (χ1n) is 14.7. The molecule has 0 fully saturated rings. The maximum atomic E-state index is 14.3. The first-order chi connectivity index (χ1) is 21.5. The first kappa shape index (κ1) is 29.7. The van der Waals surface area contributed by atoms with E-state index in [0.717, 1.165) is 16.5 Å². The molecule has 3 aromatic carbocycles. The highest BCUT2D eigenvalue weighted by Gasteiger charge is 2.44. The van der Waals surface area contributed by atoms with Crippen LogP contribution in [0.3, 0.4) is 0 Å². The number of nitriles is 1. The monoisotopic (exact) mass is 603 g/mol. The van der Waals surface area contributed by atoms with Crippen molar-refractivity contribution in [3.63, 3.8) is 0 Å². The Labute approximate surface area is 259 Å². The number of benzene rings is 3. The van der Waals surface area contributed by atoms with Crippen molar-refractivity contribution >= 4 is 22.7 Å². The molecule has 3 heterocycles. The molecule has 6 rings (SSSR count). The summed E-state index contributed by atoms with van der Waals surface area (Å²) in [5, 5.41) is 13.0. The van der Waals surface area contributed by atoms with Crippen molar-refractivity contribution in [2.75, 3.05) is 0 Å². The van der Waals surface area contributed by atoms with Crippen molar-refractivity contribution in [1.82, 2.24) is 14.9 Å². The minimum atomic E-state index is -0.912. The van der Waals surface area contributed by atoms with Gasteiger partial charge in [0.05, 0.1) is 33.6 Å². The second-order valence-electron chi connectivity index (χ2n) is 12.2. The molecule has 0 radical (unpaired) electrons. The van der Waals surface area contributed by atoms with E-state index < -0.39 is 17.3 Å². The zero-order chi connectivity index (χ0) is 32.0. The lowest BCUT2D eigenvalue weighted by atomic mass is 9.84. The Morgan fingerprint density at radius 2 is 1.78 bits per heavy atom. The maximum absolute atomic E-state index is 14.3. The van der Waals surface area contributed by atoms with Crippen LogP contribution in [0.25, 0.3) is 22.0 Å². The summed E-state index contributed by atoms with van der Waals surface area (Å²) in [6.45, 7) is 6.31. The Bertz CT molecular complexity index is 2040. The number of pyridine rings is 1. The summed E-state index contributed by atoms with van der Waals surface area (Å²) in [6.07, 6.45) is 2.72. The number of hydrogen-bond donors (Lipinski definition) is 2. The van der Waals surface area contributed by atoms with Gasteiger partial charge in [0.1, 0.15) is 17.7 Å². The van der Waals surface area contributed by atoms with Gasteiger partial charge >= 0.3 is 0 Å². The van der Waals surface area contributed by atoms with Crippen LogP contribution in [-0.2, 0) is 24.9 Å². The van der Waals surface area contributed by atoms with Crippen LogP contribution < -0.4 is 11.1 Å². The highest BCUT2D eigenvalue weighted by atomic mass is 19.1. The smallest absolute Gasteiger partial charge is 0.254 e. The first-order valence-corrected chi connectivity index (χ1v) is 14.7. The summed E-state index contributed by atoms with van der Waals surface area (Å²) in [6, 6.07) is 20.1. The van der Waals surface area contributed by atoms with Gasteiger partial charge in [-0.05, 0) is 78.4 Å². The molecular weight excluding hydrogens is 572 g/mol. The van der Waals surface area contributed by atoms with Gasteiger partial charge in [0, 0.05) is 35.6 Å². The molecule has 226 valence electrons. The molecule has 1 unspecified atom stereocenters. The highest BCUT2D eigenvalue weighted by molar-refractivity contribution is 6.12. The third-order valence-corrected chi connectivity index (χ3v) is 8.30. The van der Waals surface area contributed by atoms with Gasteiger partial charge in [0.25, 0.3) is 11.8 Å². The molecule has 45 heavy (non-hydrogen) atoms. The molecule has 1 aliphatic rings. The Morgan fingerprint density at radius 1 is 1.04 bits per heavy atom. The van der Waals surface area contributed by atoms with Gasteiger partial charge < -0.3 is 15.6 Å². The van der Waals surface area contributed by atoms with Crippen molar-refractivity contribution in [3.05, 3.63) is 124 Å². The molecule has 3 N–H and O–H groups in total. The molecule has 2 aromatic heterocycles. The molecule has 5 aromatic rings. The number of nitrogens with zero attached hydrogens (tertiary/aromatic N) is 3. The summed E-state index contributed by atoms with van der Waals surface area (Å²) in [4.78, 5) is 31.8. The van der Waals surface area contributed by atoms with Gasteiger partial charge in [-0.2, -0.15) is 5.26 Å². The number of carbonyl (C=O) groups is 2. The lowest BCUT2D eigenvalue weighted by Gasteiger charge is -2.26. The number of primary amides is 1. The van der Waals surface area contributed by atoms with Gasteiger partial charge in [-0.15, -0.1) is 0 Å². The van der Waals surface area contributed by atoms with Gasteiger partial charge in [0.15, 0.2) is 0 Å². The van der Waals surface area contributed by atoms with E-state index in [9.17, 15) is 18.4 Å². The van der Waals surface area contributed by atoms with E-state index in [0.29, 0.717) is 53.0 Å². The van der Waals surface area contributed by atoms with Crippen LogP contribution in [0.2, 0.25) is 0 Å². The van der Waals surface area contributed by atoms with Crippen molar-refractivity contribution in [1.29, 1.82) is 5.26 Å². The largest absolute Gasteiger partial charge is 0.366 e. The second-order valence-corrected chi connectivity index (χ2v) is 12.2. The number of nitrogens with one attached hydrogen (secondary N) is 1. The van der Waals surface area contributed by atoms with E-state index >= 15 is 0 Å². The lowest BCUT2D eigenvalue weighted by Crippen LogP contribution is -2.39. The predicted octanol–water partition coefficient (Wildman–Crippen LogP) is 6.40. The highest BCUT2D eigenvalue weighted by Crippen LogP contribution is 2.42. The Balaban J connectivity index is 1.49. The van der Waals surface area contributed by atoms with Crippen LogP contribution in [-0.4, -0.2) is 21.4 Å². The standard InChI is InChI=1S/C36H31F2N5O2/c1-20(2)14-28-31(34(40)44)30(32-33(41-28)36(3,42-35(32)45)17-21-5-9-26(37)10-6-21)24-8-11-29-23(16-24)12-13-43(29)19-22-4-7-25(18-39)27(38)15-22/h4-13,15-16,20H,14,17,19H2,1-3H3,(H2,40,44)(H,42,45). The average molecular weight is 604 g/mol. The number of rotatable bonds is 8. The molecule has 1 atom stereocenters. The number of amides is 2. The van der Waals surface area contributed by atoms with E-state index in [4.69, 9.17) is 16.0 Å². The Kier molecular flexibility index (Phi) is 7.45. The number of carbonyl (C=O) groups excluding carboxylic acids is 2. The predicted molar refractivity (Wildman–Crippen MR) is 167 cm³/mol. The molecule has 0 spiro atoms. The fraction of sp³-hybridized carbons (Fsp3) is 0.222. The Hall–Kier alpha value is -5.36. The number of nitrogens with two attached hydrogens (primary N) is 1. The zero-order valence-electron chi connectivity index (χ0n) is 25.1. The number of fused-ring (bicyclic) bond motifs is 2. The molecule has 1 aliphatic heterocycles. The molecule has 0 saturated carbocycles. The van der Waals surface area contributed by atoms with E-state index in [1.54, 1.807) is 18.2 Å². The second kappa shape index (κ2) is 11.3. The number of hydrogen-bond acceptors (Lipinski definition) is 4. The van der Waals surface area contributed by atoms with E-state index in [1.807, 2.05) is 61.9 Å². The van der Waals surface area contributed by atoms with Gasteiger partial charge in [-0.3, -0.25) is 14.6 Å². The van der Waals surface area contributed by atoms with Gasteiger partial charge in [0.2, 0.25) is 0 Å². The third kappa shape index (κ3) is 5.44. The summed E-state index contributed by atoms with van der Waals surface area (Å²) < 4.78 is 29.9. The quantitative estimate of drug-likeness (QED) is 0.214. The average Bonchev–Trinajstić information content (AvgIpc) is 3.49. The minimum absolute atomic E-state index is 0.00877. The van der Waals surface area contributed by atoms with Crippen molar-refractivity contribution < 1.29 is 18.4 Å². The summed E-state index contributed by atoms with van der Waals surface area (Å²) in [7, 11) is 0. The van der Waals surface area contributed by atoms with E-state index in [1.165, 1.54) is 24.3 Å². The molecule has 9 heteroatoms. The normalized spacial score (nSPS) is 15.7. The third-order valence-electron chi connectivity index (χ3n) is 8.30. The molecule has 0 bridgehead atoms. The molecule has 7 nitrogen and oxygen atoms in total. The molecule has 0 saturated heterocycles. The number of halogens is 2. The van der Waals surface area contributed by atoms with Crippen LogP contribution in [0.15, 0.2) is 72.9 Å². The van der Waals surface area contributed by atoms with E-state index in [2.05, 4.69) is 5.32 Å². The summed E-state index contributed by atoms with van der Waals surface area (Å²) in [5.74, 6) is -1.80. The summed E-state index contributed by atoms with van der Waals surface area (Å²) >= 11 is 0. The maximum Gasteiger partial charge on any atom is 0.254 e. The molecule has 0 aliphatic carbocycles. The SMILES string of the molecule is CC(C)Cc1nc2c(c(-c3ccc4c(ccn4Cc4ccc(C#N)c(F)c4)c3)c1C(N)=O)C(=O)NC2(C)Cc1ccc(F)cc1. The van der Waals surface area contributed by atoms with Crippen LogP contribution in [0.5, 0.6) is 0 Å². The van der Waals surface area contributed by atoms with Crippen molar-refractivity contribution in [2.45, 2.75) is 45.7 Å². The van der Waals surface area contributed by atoms with Crippen LogP contribution in [0.1, 0.15) is 69.6 Å². The van der Waals surface area contributed by atoms with Crippen LogP contribution in [0.4, 0.5) is 8.78 Å².